The van der Waals surface area contributed by atoms with E-state index in [1.54, 1.807) is 0 Å². The molecule has 0 aliphatic carbocycles. The van der Waals surface area contributed by atoms with Crippen LogP contribution >= 0.6 is 0 Å². The van der Waals surface area contributed by atoms with Gasteiger partial charge >= 0.3 is 8.80 Å². The van der Waals surface area contributed by atoms with Crippen molar-refractivity contribution in [2.24, 2.45) is 0 Å². The summed E-state index contributed by atoms with van der Waals surface area (Å²) >= 11 is 0. The van der Waals surface area contributed by atoms with Crippen molar-refractivity contribution in [2.45, 2.75) is 52.5 Å². The minimum Gasteiger partial charge on any atom is -0.373 e. The van der Waals surface area contributed by atoms with Gasteiger partial charge < -0.3 is 13.3 Å². The number of rotatable bonds is 12. The Morgan fingerprint density at radius 1 is 1.05 bits per heavy atom. The molecule has 0 heterocycles. The van der Waals surface area contributed by atoms with Crippen LogP contribution in [0, 0.1) is 0 Å². The van der Waals surface area contributed by atoms with Crippen LogP contribution in [0.3, 0.4) is 0 Å². The van der Waals surface area contributed by atoms with Crippen molar-refractivity contribution in [2.75, 3.05) is 19.8 Å². The number of hydrogen-bond acceptors (Lipinski definition) is 4. The molecule has 0 amide bonds. The van der Waals surface area contributed by atoms with Gasteiger partial charge in [0.1, 0.15) is 0 Å². The molecule has 0 aliphatic heterocycles. The summed E-state index contributed by atoms with van der Waals surface area (Å²) in [6.07, 6.45) is 3.94. The molecule has 0 aromatic carbocycles. The second-order valence-electron chi connectivity index (χ2n) is 4.48. The van der Waals surface area contributed by atoms with Crippen LogP contribution in [0.15, 0.2) is 12.7 Å². The Balaban J connectivity index is 5.05. The van der Waals surface area contributed by atoms with Crippen molar-refractivity contribution in [1.82, 2.24) is 0 Å². The second kappa shape index (κ2) is 10.3. The van der Waals surface area contributed by atoms with Crippen molar-refractivity contribution >= 4 is 14.6 Å². The minimum absolute atomic E-state index is 0.0741. The highest BCUT2D eigenvalue weighted by molar-refractivity contribution is 6.66. The van der Waals surface area contributed by atoms with E-state index in [0.717, 1.165) is 19.3 Å². The molecule has 5 heteroatoms. The highest BCUT2D eigenvalue weighted by Crippen LogP contribution is 2.27. The fourth-order valence-corrected chi connectivity index (χ4v) is 4.52. The molecule has 0 spiro atoms. The fourth-order valence-electron chi connectivity index (χ4n) is 1.58. The van der Waals surface area contributed by atoms with Crippen molar-refractivity contribution in [3.8, 4) is 0 Å². The lowest BCUT2D eigenvalue weighted by molar-refractivity contribution is -0.115. The van der Waals surface area contributed by atoms with E-state index in [4.69, 9.17) is 13.3 Å². The fraction of sp³-hybridized carbons (Fsp3) is 0.786. The van der Waals surface area contributed by atoms with E-state index in [0.29, 0.717) is 19.8 Å². The summed E-state index contributed by atoms with van der Waals surface area (Å²) in [7, 11) is -2.97. The lowest BCUT2D eigenvalue weighted by Gasteiger charge is -2.33. The zero-order valence-corrected chi connectivity index (χ0v) is 13.7. The Hall–Kier alpha value is -0.493. The van der Waals surface area contributed by atoms with Crippen LogP contribution in [0.25, 0.3) is 0 Å². The predicted octanol–water partition coefficient (Wildman–Crippen LogP) is 3.35. The summed E-state index contributed by atoms with van der Waals surface area (Å²) in [5, 5.41) is 0. The van der Waals surface area contributed by atoms with Gasteiger partial charge in [-0.1, -0.05) is 34.3 Å². The summed E-state index contributed by atoms with van der Waals surface area (Å²) < 4.78 is 17.7. The molecule has 1 unspecified atom stereocenters. The largest absolute Gasteiger partial charge is 0.512 e. The highest BCUT2D eigenvalue weighted by Gasteiger charge is 2.49. The normalized spacial score (nSPS) is 13.3. The summed E-state index contributed by atoms with van der Waals surface area (Å²) in [6, 6.07) is 0. The molecule has 19 heavy (non-hydrogen) atoms. The van der Waals surface area contributed by atoms with E-state index in [2.05, 4.69) is 6.58 Å². The van der Waals surface area contributed by atoms with Crippen LogP contribution in [-0.2, 0) is 18.1 Å². The molecule has 112 valence electrons. The average molecular weight is 288 g/mol. The molecule has 0 bridgehead atoms. The van der Waals surface area contributed by atoms with Crippen LogP contribution in [-0.4, -0.2) is 34.4 Å². The maximum absolute atomic E-state index is 11.9. The van der Waals surface area contributed by atoms with Gasteiger partial charge in [-0.15, -0.1) is 0 Å². The Labute approximate surface area is 118 Å². The highest BCUT2D eigenvalue weighted by atomic mass is 28.4. The summed E-state index contributed by atoms with van der Waals surface area (Å²) in [5.41, 5.74) is -0.394. The van der Waals surface area contributed by atoms with E-state index in [1.807, 2.05) is 27.7 Å². The monoisotopic (exact) mass is 288 g/mol. The van der Waals surface area contributed by atoms with E-state index in [9.17, 15) is 4.79 Å². The van der Waals surface area contributed by atoms with Gasteiger partial charge in [0.2, 0.25) is 0 Å². The molecule has 0 saturated carbocycles. The molecule has 0 aromatic heterocycles. The van der Waals surface area contributed by atoms with E-state index in [1.165, 1.54) is 6.08 Å². The Kier molecular flexibility index (Phi) is 10.0. The third kappa shape index (κ3) is 5.99. The minimum atomic E-state index is -2.97. The number of ketones is 1. The SMILES string of the molecule is C=CC(=O)C(C)[Si](OCCC)(OCCC)OCCC. The first-order valence-electron chi connectivity index (χ1n) is 7.16. The third-order valence-corrected chi connectivity index (χ3v) is 5.85. The van der Waals surface area contributed by atoms with Crippen LogP contribution in [0.1, 0.15) is 47.0 Å². The van der Waals surface area contributed by atoms with Crippen LogP contribution in [0.5, 0.6) is 0 Å². The van der Waals surface area contributed by atoms with Gasteiger partial charge in [-0.2, -0.15) is 0 Å². The predicted molar refractivity (Wildman–Crippen MR) is 79.1 cm³/mol. The summed E-state index contributed by atoms with van der Waals surface area (Å²) in [4.78, 5) is 11.9. The second-order valence-corrected chi connectivity index (χ2v) is 7.42. The zero-order valence-electron chi connectivity index (χ0n) is 12.7. The van der Waals surface area contributed by atoms with E-state index >= 15 is 0 Å². The zero-order chi connectivity index (χ0) is 14.7. The maximum Gasteiger partial charge on any atom is 0.512 e. The Morgan fingerprint density at radius 2 is 1.42 bits per heavy atom. The molecule has 0 aromatic rings. The summed E-state index contributed by atoms with van der Waals surface area (Å²) in [6.45, 7) is 13.1. The van der Waals surface area contributed by atoms with Gasteiger partial charge in [0.25, 0.3) is 0 Å². The maximum atomic E-state index is 11.9. The molecule has 0 radical (unpaired) electrons. The van der Waals surface area contributed by atoms with Crippen molar-refractivity contribution < 1.29 is 18.1 Å². The molecule has 0 fully saturated rings. The summed E-state index contributed by atoms with van der Waals surface area (Å²) in [5.74, 6) is -0.0741. The van der Waals surface area contributed by atoms with Gasteiger partial charge in [0.05, 0.1) is 5.54 Å². The molecule has 0 aliphatic rings. The smallest absolute Gasteiger partial charge is 0.373 e. The molecule has 4 nitrogen and oxygen atoms in total. The number of hydrogen-bond donors (Lipinski definition) is 0. The van der Waals surface area contributed by atoms with Gasteiger partial charge in [-0.25, -0.2) is 0 Å². The number of carbonyl (C=O) groups excluding carboxylic acids is 1. The Morgan fingerprint density at radius 3 is 1.68 bits per heavy atom. The van der Waals surface area contributed by atoms with Crippen LogP contribution in [0.2, 0.25) is 5.54 Å². The van der Waals surface area contributed by atoms with Gasteiger partial charge in [0, 0.05) is 19.8 Å². The standard InChI is InChI=1S/C14H28O4Si/c1-6-10-16-19(17-11-7-2,18-12-8-3)13(5)14(15)9-4/h9,13H,4,6-8,10-12H2,1-3,5H3. The molecule has 0 rings (SSSR count). The first-order valence-corrected chi connectivity index (χ1v) is 8.96. The van der Waals surface area contributed by atoms with Gasteiger partial charge in [0.15, 0.2) is 5.78 Å². The number of allylic oxidation sites excluding steroid dienone is 1. The van der Waals surface area contributed by atoms with E-state index < -0.39 is 14.3 Å². The van der Waals surface area contributed by atoms with E-state index in [-0.39, 0.29) is 5.78 Å². The van der Waals surface area contributed by atoms with Gasteiger partial charge in [-0.3, -0.25) is 4.79 Å². The average Bonchev–Trinajstić information content (AvgIpc) is 2.45. The molecule has 1 atom stereocenters. The first-order chi connectivity index (χ1) is 9.07. The molecular formula is C14H28O4Si. The molecular weight excluding hydrogens is 260 g/mol. The van der Waals surface area contributed by atoms with Crippen molar-refractivity contribution in [3.63, 3.8) is 0 Å². The topological polar surface area (TPSA) is 44.8 Å². The lowest BCUT2D eigenvalue weighted by Crippen LogP contribution is -2.52. The van der Waals surface area contributed by atoms with Crippen LogP contribution < -0.4 is 0 Å². The van der Waals surface area contributed by atoms with Gasteiger partial charge in [-0.05, 0) is 25.3 Å². The third-order valence-electron chi connectivity index (χ3n) is 2.68. The molecule has 0 saturated heterocycles. The first kappa shape index (κ1) is 18.5. The number of carbonyl (C=O) groups is 1. The van der Waals surface area contributed by atoms with Crippen molar-refractivity contribution in [3.05, 3.63) is 12.7 Å². The van der Waals surface area contributed by atoms with Crippen LogP contribution in [0.4, 0.5) is 0 Å². The molecule has 0 N–H and O–H groups in total. The Bertz CT molecular complexity index is 246. The quantitative estimate of drug-likeness (QED) is 0.408. The lowest BCUT2D eigenvalue weighted by atomic mass is 10.3. The van der Waals surface area contributed by atoms with Crippen molar-refractivity contribution in [1.29, 1.82) is 0 Å².